The molecular formula is C15H21N3O3. The Hall–Kier alpha value is -2.11. The summed E-state index contributed by atoms with van der Waals surface area (Å²) < 4.78 is 0. The molecule has 1 unspecified atom stereocenters. The highest BCUT2D eigenvalue weighted by molar-refractivity contribution is 5.93. The van der Waals surface area contributed by atoms with E-state index in [0.717, 1.165) is 12.1 Å². The fourth-order valence-electron chi connectivity index (χ4n) is 2.93. The van der Waals surface area contributed by atoms with Crippen LogP contribution in [0.3, 0.4) is 0 Å². The number of aliphatic carboxylic acids is 1. The van der Waals surface area contributed by atoms with Crippen LogP contribution < -0.4 is 10.2 Å². The zero-order valence-corrected chi connectivity index (χ0v) is 12.4. The SMILES string of the molecule is CCCC1(C(=O)O)CCN(c2ccnc(C(=O)NC)c2)C1. The second-order valence-corrected chi connectivity index (χ2v) is 5.49. The molecule has 1 aliphatic rings. The molecule has 6 heteroatoms. The van der Waals surface area contributed by atoms with Gasteiger partial charge in [0.1, 0.15) is 5.69 Å². The number of hydrogen-bond donors (Lipinski definition) is 2. The summed E-state index contributed by atoms with van der Waals surface area (Å²) in [6.45, 7) is 3.17. The van der Waals surface area contributed by atoms with Gasteiger partial charge >= 0.3 is 5.97 Å². The van der Waals surface area contributed by atoms with Crippen LogP contribution in [0, 0.1) is 5.41 Å². The second kappa shape index (κ2) is 6.11. The predicted molar refractivity (Wildman–Crippen MR) is 79.4 cm³/mol. The lowest BCUT2D eigenvalue weighted by Crippen LogP contribution is -2.34. The minimum absolute atomic E-state index is 0.242. The topological polar surface area (TPSA) is 82.5 Å². The molecule has 0 aliphatic carbocycles. The Morgan fingerprint density at radius 2 is 2.29 bits per heavy atom. The van der Waals surface area contributed by atoms with Crippen LogP contribution >= 0.6 is 0 Å². The van der Waals surface area contributed by atoms with Crippen LogP contribution in [0.2, 0.25) is 0 Å². The summed E-state index contributed by atoms with van der Waals surface area (Å²) >= 11 is 0. The maximum absolute atomic E-state index is 11.6. The van der Waals surface area contributed by atoms with Crippen LogP contribution in [0.15, 0.2) is 18.3 Å². The molecule has 114 valence electrons. The number of rotatable bonds is 5. The highest BCUT2D eigenvalue weighted by Crippen LogP contribution is 2.37. The van der Waals surface area contributed by atoms with Gasteiger partial charge in [0.2, 0.25) is 0 Å². The molecular weight excluding hydrogens is 270 g/mol. The Kier molecular flexibility index (Phi) is 4.45. The predicted octanol–water partition coefficient (Wildman–Crippen LogP) is 1.52. The van der Waals surface area contributed by atoms with Gasteiger partial charge in [-0.05, 0) is 25.0 Å². The fraction of sp³-hybridized carbons (Fsp3) is 0.533. The monoisotopic (exact) mass is 291 g/mol. The maximum Gasteiger partial charge on any atom is 0.311 e. The van der Waals surface area contributed by atoms with Crippen LogP contribution in [-0.4, -0.2) is 42.1 Å². The Morgan fingerprint density at radius 1 is 1.52 bits per heavy atom. The zero-order valence-electron chi connectivity index (χ0n) is 12.4. The lowest BCUT2D eigenvalue weighted by molar-refractivity contribution is -0.148. The standard InChI is InChI=1S/C15H21N3O3/c1-3-5-15(14(20)21)6-8-18(10-15)11-4-7-17-12(9-11)13(19)16-2/h4,7,9H,3,5-6,8,10H2,1-2H3,(H,16,19)(H,20,21). The maximum atomic E-state index is 11.6. The summed E-state index contributed by atoms with van der Waals surface area (Å²) in [5.74, 6) is -0.971. The summed E-state index contributed by atoms with van der Waals surface area (Å²) in [5.41, 5.74) is 0.520. The molecule has 0 spiro atoms. The number of carbonyl (C=O) groups excluding carboxylic acids is 1. The largest absolute Gasteiger partial charge is 0.481 e. The van der Waals surface area contributed by atoms with Gasteiger partial charge in [-0.3, -0.25) is 14.6 Å². The van der Waals surface area contributed by atoms with Gasteiger partial charge in [-0.15, -0.1) is 0 Å². The highest BCUT2D eigenvalue weighted by atomic mass is 16.4. The van der Waals surface area contributed by atoms with E-state index in [1.807, 2.05) is 17.9 Å². The van der Waals surface area contributed by atoms with Crippen LogP contribution in [-0.2, 0) is 4.79 Å². The van der Waals surface area contributed by atoms with Crippen molar-refractivity contribution < 1.29 is 14.7 Å². The van der Waals surface area contributed by atoms with Crippen LogP contribution in [0.5, 0.6) is 0 Å². The van der Waals surface area contributed by atoms with E-state index in [-0.39, 0.29) is 5.91 Å². The zero-order chi connectivity index (χ0) is 15.5. The molecule has 2 heterocycles. The normalized spacial score (nSPS) is 21.3. The Morgan fingerprint density at radius 3 is 2.90 bits per heavy atom. The number of pyridine rings is 1. The number of carboxylic acid groups (broad SMARTS) is 1. The van der Waals surface area contributed by atoms with Crippen LogP contribution in [0.25, 0.3) is 0 Å². The van der Waals surface area contributed by atoms with Gasteiger partial charge in [-0.1, -0.05) is 13.3 Å². The van der Waals surface area contributed by atoms with Gasteiger partial charge in [-0.2, -0.15) is 0 Å². The van der Waals surface area contributed by atoms with E-state index in [1.54, 1.807) is 19.3 Å². The second-order valence-electron chi connectivity index (χ2n) is 5.49. The number of hydrogen-bond acceptors (Lipinski definition) is 4. The van der Waals surface area contributed by atoms with Crippen molar-refractivity contribution >= 4 is 17.6 Å². The molecule has 6 nitrogen and oxygen atoms in total. The van der Waals surface area contributed by atoms with Crippen molar-refractivity contribution in [3.63, 3.8) is 0 Å². The van der Waals surface area contributed by atoms with E-state index in [4.69, 9.17) is 0 Å². The summed E-state index contributed by atoms with van der Waals surface area (Å²) in [4.78, 5) is 29.3. The Balaban J connectivity index is 2.21. The molecule has 1 amide bonds. The minimum atomic E-state index is -0.729. The Labute approximate surface area is 124 Å². The van der Waals surface area contributed by atoms with Gasteiger partial charge < -0.3 is 15.3 Å². The van der Waals surface area contributed by atoms with E-state index in [1.165, 1.54) is 0 Å². The first-order chi connectivity index (χ1) is 10.0. The van der Waals surface area contributed by atoms with Crippen LogP contribution in [0.4, 0.5) is 5.69 Å². The van der Waals surface area contributed by atoms with Crippen molar-refractivity contribution in [3.8, 4) is 0 Å². The van der Waals surface area contributed by atoms with Crippen LogP contribution in [0.1, 0.15) is 36.7 Å². The number of carbonyl (C=O) groups is 2. The molecule has 1 saturated heterocycles. The molecule has 1 aliphatic heterocycles. The third-order valence-corrected chi connectivity index (χ3v) is 4.10. The van der Waals surface area contributed by atoms with Crippen molar-refractivity contribution in [3.05, 3.63) is 24.0 Å². The highest BCUT2D eigenvalue weighted by Gasteiger charge is 2.44. The molecule has 0 bridgehead atoms. The van der Waals surface area contributed by atoms with E-state index >= 15 is 0 Å². The first-order valence-corrected chi connectivity index (χ1v) is 7.19. The molecule has 0 radical (unpaired) electrons. The first-order valence-electron chi connectivity index (χ1n) is 7.19. The third kappa shape index (κ3) is 2.99. The summed E-state index contributed by atoms with van der Waals surface area (Å²) in [7, 11) is 1.56. The van der Waals surface area contributed by atoms with Gasteiger partial charge in [0.05, 0.1) is 5.41 Å². The van der Waals surface area contributed by atoms with Crippen molar-refractivity contribution in [1.82, 2.24) is 10.3 Å². The summed E-state index contributed by atoms with van der Waals surface area (Å²) in [6, 6.07) is 3.53. The molecule has 2 N–H and O–H groups in total. The van der Waals surface area contributed by atoms with E-state index in [0.29, 0.717) is 31.6 Å². The number of anilines is 1. The van der Waals surface area contributed by atoms with E-state index in [2.05, 4.69) is 10.3 Å². The number of amides is 1. The molecule has 0 aromatic carbocycles. The van der Waals surface area contributed by atoms with Crippen molar-refractivity contribution in [2.24, 2.45) is 5.41 Å². The van der Waals surface area contributed by atoms with Crippen molar-refractivity contribution in [2.45, 2.75) is 26.2 Å². The number of aromatic nitrogens is 1. The molecule has 1 aromatic heterocycles. The van der Waals surface area contributed by atoms with Crippen molar-refractivity contribution in [2.75, 3.05) is 25.0 Å². The fourth-order valence-corrected chi connectivity index (χ4v) is 2.93. The molecule has 2 rings (SSSR count). The minimum Gasteiger partial charge on any atom is -0.481 e. The molecule has 1 fully saturated rings. The number of nitrogens with zero attached hydrogens (tertiary/aromatic N) is 2. The Bertz CT molecular complexity index is 547. The lowest BCUT2D eigenvalue weighted by atomic mass is 9.83. The first kappa shape index (κ1) is 15.3. The van der Waals surface area contributed by atoms with Gasteiger partial charge in [-0.25, -0.2) is 0 Å². The number of carboxylic acids is 1. The van der Waals surface area contributed by atoms with E-state index in [9.17, 15) is 14.7 Å². The quantitative estimate of drug-likeness (QED) is 0.859. The van der Waals surface area contributed by atoms with Gasteiger partial charge in [0, 0.05) is 32.0 Å². The summed E-state index contributed by atoms with van der Waals surface area (Å²) in [6.07, 6.45) is 3.74. The summed E-state index contributed by atoms with van der Waals surface area (Å²) in [5, 5.41) is 12.1. The average Bonchev–Trinajstić information content (AvgIpc) is 2.93. The van der Waals surface area contributed by atoms with Gasteiger partial charge in [0.15, 0.2) is 0 Å². The third-order valence-electron chi connectivity index (χ3n) is 4.10. The lowest BCUT2D eigenvalue weighted by Gasteiger charge is -2.25. The average molecular weight is 291 g/mol. The molecule has 1 aromatic rings. The number of nitrogens with one attached hydrogen (secondary N) is 1. The van der Waals surface area contributed by atoms with E-state index < -0.39 is 11.4 Å². The van der Waals surface area contributed by atoms with Gasteiger partial charge in [0.25, 0.3) is 5.91 Å². The smallest absolute Gasteiger partial charge is 0.311 e. The van der Waals surface area contributed by atoms with Crippen molar-refractivity contribution in [1.29, 1.82) is 0 Å². The molecule has 21 heavy (non-hydrogen) atoms. The molecule has 1 atom stereocenters. The molecule has 0 saturated carbocycles.